The van der Waals surface area contributed by atoms with E-state index in [0.29, 0.717) is 23.7 Å². The first kappa shape index (κ1) is 46.1. The Kier molecular flexibility index (Phi) is 16.4. The Morgan fingerprint density at radius 1 is 0.500 bits per heavy atom. The van der Waals surface area contributed by atoms with Crippen molar-refractivity contribution in [1.29, 1.82) is 0 Å². The van der Waals surface area contributed by atoms with E-state index in [4.69, 9.17) is 23.7 Å². The zero-order chi connectivity index (χ0) is 44.1. The Labute approximate surface area is 350 Å². The third kappa shape index (κ3) is 13.2. The van der Waals surface area contributed by atoms with Crippen molar-refractivity contribution in [1.82, 2.24) is 0 Å². The number of methoxy groups -OCH3 is 1. The van der Waals surface area contributed by atoms with Gasteiger partial charge in [-0.3, -0.25) is 24.5 Å². The molecule has 0 bridgehead atoms. The van der Waals surface area contributed by atoms with Crippen molar-refractivity contribution in [3.8, 4) is 23.0 Å². The van der Waals surface area contributed by atoms with E-state index >= 15 is 0 Å². The number of rotatable bonds is 20. The van der Waals surface area contributed by atoms with Crippen LogP contribution in [0.3, 0.4) is 0 Å². The number of ether oxygens (including phenoxy) is 5. The Balaban J connectivity index is 1.60. The molecule has 15 nitrogen and oxygen atoms in total. The van der Waals surface area contributed by atoms with E-state index in [2.05, 4.69) is 16.0 Å². The average molecular weight is 827 g/mol. The highest BCUT2D eigenvalue weighted by Gasteiger charge is 2.22. The van der Waals surface area contributed by atoms with Crippen LogP contribution in [0.4, 0.5) is 22.7 Å². The lowest BCUT2D eigenvalue weighted by Crippen LogP contribution is -2.18. The zero-order valence-corrected chi connectivity index (χ0v) is 35.5. The Morgan fingerprint density at radius 2 is 0.800 bits per heavy atom. The molecule has 0 aliphatic carbocycles. The number of nitro groups is 1. The number of carbonyl (C=O) groups is 4. The van der Waals surface area contributed by atoms with Gasteiger partial charge in [-0.2, -0.15) is 0 Å². The van der Waals surface area contributed by atoms with E-state index in [-0.39, 0.29) is 94.4 Å². The van der Waals surface area contributed by atoms with Gasteiger partial charge in [0, 0.05) is 28.8 Å². The number of amides is 3. The lowest BCUT2D eigenvalue weighted by molar-refractivity contribution is -0.385. The molecular formula is C45H54N4O11. The molecule has 320 valence electrons. The van der Waals surface area contributed by atoms with Gasteiger partial charge in [-0.25, -0.2) is 4.79 Å². The summed E-state index contributed by atoms with van der Waals surface area (Å²) in [5.41, 5.74) is 1.48. The maximum Gasteiger partial charge on any atom is 0.337 e. The summed E-state index contributed by atoms with van der Waals surface area (Å²) < 4.78 is 28.5. The van der Waals surface area contributed by atoms with Crippen molar-refractivity contribution in [3.63, 3.8) is 0 Å². The van der Waals surface area contributed by atoms with E-state index in [0.717, 1.165) is 0 Å². The summed E-state index contributed by atoms with van der Waals surface area (Å²) in [5, 5.41) is 20.1. The predicted molar refractivity (Wildman–Crippen MR) is 229 cm³/mol. The summed E-state index contributed by atoms with van der Waals surface area (Å²) in [6, 6.07) is 17.7. The van der Waals surface area contributed by atoms with Crippen molar-refractivity contribution in [2.24, 2.45) is 23.7 Å². The molecule has 4 aromatic rings. The molecule has 0 saturated carbocycles. The molecule has 60 heavy (non-hydrogen) atoms. The average Bonchev–Trinajstić information content (AvgIpc) is 3.20. The molecule has 0 radical (unpaired) electrons. The fourth-order valence-corrected chi connectivity index (χ4v) is 5.29. The van der Waals surface area contributed by atoms with Gasteiger partial charge >= 0.3 is 11.7 Å². The Morgan fingerprint density at radius 3 is 1.13 bits per heavy atom. The van der Waals surface area contributed by atoms with Crippen molar-refractivity contribution in [2.45, 2.75) is 55.4 Å². The van der Waals surface area contributed by atoms with Crippen LogP contribution in [-0.2, 0) is 4.74 Å². The van der Waals surface area contributed by atoms with Gasteiger partial charge < -0.3 is 39.6 Å². The number of anilines is 3. The molecule has 3 N–H and O–H groups in total. The smallest absolute Gasteiger partial charge is 0.337 e. The number of hydrogen-bond acceptors (Lipinski definition) is 11. The molecule has 0 aromatic heterocycles. The van der Waals surface area contributed by atoms with E-state index in [9.17, 15) is 29.3 Å². The molecule has 0 aliphatic rings. The second kappa shape index (κ2) is 21.4. The fraction of sp³-hybridized carbons (Fsp3) is 0.378. The largest absolute Gasteiger partial charge is 0.491 e. The van der Waals surface area contributed by atoms with Crippen LogP contribution in [0.5, 0.6) is 23.0 Å². The van der Waals surface area contributed by atoms with Gasteiger partial charge in [-0.15, -0.1) is 0 Å². The number of hydrogen-bond donors (Lipinski definition) is 3. The molecule has 0 atom stereocenters. The molecule has 0 heterocycles. The van der Waals surface area contributed by atoms with E-state index in [1.54, 1.807) is 12.1 Å². The number of carbonyl (C=O) groups excluding carboxylic acids is 4. The molecule has 15 heteroatoms. The molecule has 0 saturated heterocycles. The second-order valence-corrected chi connectivity index (χ2v) is 15.7. The minimum Gasteiger partial charge on any atom is -0.491 e. The zero-order valence-electron chi connectivity index (χ0n) is 35.5. The highest BCUT2D eigenvalue weighted by molar-refractivity contribution is 6.09. The molecular weight excluding hydrogens is 773 g/mol. The van der Waals surface area contributed by atoms with Crippen LogP contribution in [0.2, 0.25) is 0 Å². The van der Waals surface area contributed by atoms with Crippen LogP contribution in [0.1, 0.15) is 96.8 Å². The van der Waals surface area contributed by atoms with Crippen LogP contribution in [0.15, 0.2) is 72.8 Å². The van der Waals surface area contributed by atoms with Crippen molar-refractivity contribution in [2.75, 3.05) is 49.5 Å². The van der Waals surface area contributed by atoms with Crippen LogP contribution >= 0.6 is 0 Å². The van der Waals surface area contributed by atoms with Crippen LogP contribution in [0.25, 0.3) is 0 Å². The third-order valence-corrected chi connectivity index (χ3v) is 8.34. The number of esters is 1. The van der Waals surface area contributed by atoms with Gasteiger partial charge in [0.2, 0.25) is 0 Å². The monoisotopic (exact) mass is 826 g/mol. The summed E-state index contributed by atoms with van der Waals surface area (Å²) in [6.07, 6.45) is 0. The maximum atomic E-state index is 13.8. The minimum atomic E-state index is -0.570. The molecule has 0 fully saturated rings. The van der Waals surface area contributed by atoms with Crippen molar-refractivity contribution >= 4 is 46.4 Å². The standard InChI is InChI=1S/C45H54N4O11/c1-26(2)22-57-38-19-31(43(51)48-36-16-12-33(45(53)56-9)21-40(36)59-24-28(5)6)10-14-34(38)46-42(50)30-11-15-35(39(18-30)58-23-27(3)4)47-44(52)32-13-17-37(49(54)55)41(20-32)60-25-29(7)8/h10-21,26-29H,22-25H2,1-9H3,(H,46,50)(H,47,52)(H,48,51). The first-order valence-electron chi connectivity index (χ1n) is 19.7. The first-order valence-corrected chi connectivity index (χ1v) is 19.7. The third-order valence-electron chi connectivity index (χ3n) is 8.34. The summed E-state index contributed by atoms with van der Waals surface area (Å²) in [7, 11) is 1.28. The quantitative estimate of drug-likeness (QED) is 0.0437. The normalized spacial score (nSPS) is 11.0. The van der Waals surface area contributed by atoms with Crippen molar-refractivity contribution in [3.05, 3.63) is 105 Å². The highest BCUT2D eigenvalue weighted by Crippen LogP contribution is 2.33. The van der Waals surface area contributed by atoms with Gasteiger partial charge in [0.15, 0.2) is 5.75 Å². The van der Waals surface area contributed by atoms with Gasteiger partial charge in [0.25, 0.3) is 17.7 Å². The minimum absolute atomic E-state index is 0.0253. The molecule has 0 spiro atoms. The first-order chi connectivity index (χ1) is 28.4. The maximum absolute atomic E-state index is 13.8. The van der Waals surface area contributed by atoms with E-state index < -0.39 is 28.6 Å². The number of nitrogens with one attached hydrogen (secondary N) is 3. The molecule has 3 amide bonds. The molecule has 0 aliphatic heterocycles. The van der Waals surface area contributed by atoms with Crippen molar-refractivity contribution < 1.29 is 47.8 Å². The Hall–Kier alpha value is -6.64. The van der Waals surface area contributed by atoms with E-state index in [1.807, 2.05) is 55.4 Å². The molecule has 4 aromatic carbocycles. The Bertz CT molecular complexity index is 2180. The lowest BCUT2D eigenvalue weighted by Gasteiger charge is -2.18. The summed E-state index contributed by atoms with van der Waals surface area (Å²) in [6.45, 7) is 16.7. The SMILES string of the molecule is COC(=O)c1ccc(NC(=O)c2ccc(NC(=O)c3ccc(NC(=O)c4ccc([N+](=O)[O-])c(OCC(C)C)c4)c(OCC(C)C)c3)c(OCC(C)C)c2)c(OCC(C)C)c1. The van der Waals surface area contributed by atoms with Gasteiger partial charge in [0.05, 0.1) is 61.1 Å². The van der Waals surface area contributed by atoms with E-state index in [1.165, 1.54) is 67.8 Å². The number of nitro benzene ring substituents is 1. The van der Waals surface area contributed by atoms with Gasteiger partial charge in [-0.05, 0) is 84.3 Å². The highest BCUT2D eigenvalue weighted by atomic mass is 16.6. The summed E-state index contributed by atoms with van der Waals surface area (Å²) in [4.78, 5) is 64.1. The predicted octanol–water partition coefficient (Wildman–Crippen LogP) is 9.28. The van der Waals surface area contributed by atoms with Gasteiger partial charge in [-0.1, -0.05) is 55.4 Å². The molecule has 0 unspecified atom stereocenters. The molecule has 4 rings (SSSR count). The lowest BCUT2D eigenvalue weighted by atomic mass is 10.1. The fourth-order valence-electron chi connectivity index (χ4n) is 5.29. The summed E-state index contributed by atoms with van der Waals surface area (Å²) in [5.74, 6) is -0.871. The van der Waals surface area contributed by atoms with Crippen LogP contribution < -0.4 is 34.9 Å². The number of nitrogens with zero attached hydrogens (tertiary/aromatic N) is 1. The summed E-state index contributed by atoms with van der Waals surface area (Å²) >= 11 is 0. The second-order valence-electron chi connectivity index (χ2n) is 15.7. The van der Waals surface area contributed by atoms with Gasteiger partial charge in [0.1, 0.15) is 17.2 Å². The number of benzene rings is 4. The van der Waals surface area contributed by atoms with Crippen LogP contribution in [0, 0.1) is 33.8 Å². The van der Waals surface area contributed by atoms with Crippen LogP contribution in [-0.4, -0.2) is 62.2 Å². The topological polar surface area (TPSA) is 194 Å².